The molecule has 0 saturated carbocycles. The van der Waals surface area contributed by atoms with Crippen LogP contribution in [0.15, 0.2) is 53.4 Å². The Bertz CT molecular complexity index is 1120. The molecule has 0 fully saturated rings. The molecular weight excluding hydrogens is 444 g/mol. The summed E-state index contributed by atoms with van der Waals surface area (Å²) in [5, 5.41) is 12.5. The lowest BCUT2D eigenvalue weighted by molar-refractivity contribution is 0.102. The van der Waals surface area contributed by atoms with Crippen molar-refractivity contribution in [2.75, 3.05) is 11.9 Å². The molecule has 0 saturated heterocycles. The van der Waals surface area contributed by atoms with Crippen LogP contribution in [0.2, 0.25) is 5.02 Å². The van der Waals surface area contributed by atoms with E-state index in [-0.39, 0.29) is 10.5 Å². The molecule has 0 aliphatic heterocycles. The van der Waals surface area contributed by atoms with Gasteiger partial charge in [0.2, 0.25) is 15.2 Å². The van der Waals surface area contributed by atoms with Crippen LogP contribution in [-0.2, 0) is 16.4 Å². The van der Waals surface area contributed by atoms with Gasteiger partial charge >= 0.3 is 0 Å². The van der Waals surface area contributed by atoms with Gasteiger partial charge in [0.05, 0.1) is 4.90 Å². The van der Waals surface area contributed by atoms with Gasteiger partial charge in [-0.1, -0.05) is 54.5 Å². The first-order valence-electron chi connectivity index (χ1n) is 9.35. The van der Waals surface area contributed by atoms with Gasteiger partial charge in [-0.2, -0.15) is 0 Å². The van der Waals surface area contributed by atoms with E-state index in [9.17, 15) is 13.2 Å². The van der Waals surface area contributed by atoms with E-state index in [1.165, 1.54) is 29.5 Å². The summed E-state index contributed by atoms with van der Waals surface area (Å²) in [6.45, 7) is 2.34. The highest BCUT2D eigenvalue weighted by Crippen LogP contribution is 2.21. The predicted molar refractivity (Wildman–Crippen MR) is 119 cm³/mol. The SMILES string of the molecule is CCCCNS(=O)(=O)c1cccc(C(=O)Nc2nnc(Cc3ccc(Cl)cc3)s2)c1. The number of hydrogen-bond donors (Lipinski definition) is 2. The Morgan fingerprint density at radius 2 is 1.90 bits per heavy atom. The largest absolute Gasteiger partial charge is 0.296 e. The molecule has 0 unspecified atom stereocenters. The van der Waals surface area contributed by atoms with Crippen molar-refractivity contribution in [2.24, 2.45) is 0 Å². The first-order chi connectivity index (χ1) is 14.4. The van der Waals surface area contributed by atoms with Crippen molar-refractivity contribution in [3.8, 4) is 0 Å². The number of hydrogen-bond acceptors (Lipinski definition) is 6. The number of aromatic nitrogens is 2. The highest BCUT2D eigenvalue weighted by molar-refractivity contribution is 7.89. The van der Waals surface area contributed by atoms with E-state index >= 15 is 0 Å². The van der Waals surface area contributed by atoms with E-state index in [1.54, 1.807) is 18.2 Å². The molecule has 10 heteroatoms. The van der Waals surface area contributed by atoms with Gasteiger partial charge in [0.25, 0.3) is 5.91 Å². The Balaban J connectivity index is 1.66. The Hall–Kier alpha value is -2.33. The fraction of sp³-hybridized carbons (Fsp3) is 0.250. The number of carbonyl (C=O) groups is 1. The second kappa shape index (κ2) is 10.1. The van der Waals surface area contributed by atoms with E-state index in [1.807, 2.05) is 19.1 Å². The number of nitrogens with one attached hydrogen (secondary N) is 2. The summed E-state index contributed by atoms with van der Waals surface area (Å²) in [6, 6.07) is 13.3. The van der Waals surface area contributed by atoms with Gasteiger partial charge < -0.3 is 0 Å². The van der Waals surface area contributed by atoms with Crippen LogP contribution >= 0.6 is 22.9 Å². The van der Waals surface area contributed by atoms with Crippen LogP contribution in [-0.4, -0.2) is 31.1 Å². The fourth-order valence-electron chi connectivity index (χ4n) is 2.59. The molecule has 2 N–H and O–H groups in total. The molecule has 158 valence electrons. The molecule has 0 atom stereocenters. The van der Waals surface area contributed by atoms with Crippen molar-refractivity contribution in [1.29, 1.82) is 0 Å². The van der Waals surface area contributed by atoms with E-state index in [2.05, 4.69) is 20.2 Å². The van der Waals surface area contributed by atoms with Crippen LogP contribution < -0.4 is 10.0 Å². The van der Waals surface area contributed by atoms with Crippen molar-refractivity contribution < 1.29 is 13.2 Å². The predicted octanol–water partition coefficient (Wildman–Crippen LogP) is 4.11. The molecule has 2 aromatic carbocycles. The van der Waals surface area contributed by atoms with Crippen molar-refractivity contribution >= 4 is 44.0 Å². The Kier molecular flexibility index (Phi) is 7.54. The number of halogens is 1. The standard InChI is InChI=1S/C20H21ClN4O3S2/c1-2-3-11-22-30(27,28)17-6-4-5-15(13-17)19(26)23-20-25-24-18(29-20)12-14-7-9-16(21)10-8-14/h4-10,13,22H,2-3,11-12H2,1H3,(H,23,25,26). The second-order valence-electron chi connectivity index (χ2n) is 6.54. The third-order valence-electron chi connectivity index (χ3n) is 4.18. The number of nitrogens with zero attached hydrogens (tertiary/aromatic N) is 2. The maximum atomic E-state index is 12.6. The minimum Gasteiger partial charge on any atom is -0.296 e. The first-order valence-corrected chi connectivity index (χ1v) is 12.0. The summed E-state index contributed by atoms with van der Waals surface area (Å²) in [5.74, 6) is -0.449. The van der Waals surface area contributed by atoms with Crippen LogP contribution in [0.25, 0.3) is 0 Å². The minimum absolute atomic E-state index is 0.0481. The number of sulfonamides is 1. The monoisotopic (exact) mass is 464 g/mol. The molecule has 0 aliphatic rings. The number of anilines is 1. The zero-order valence-electron chi connectivity index (χ0n) is 16.3. The summed E-state index contributed by atoms with van der Waals surface area (Å²) in [7, 11) is -3.66. The molecular formula is C20H21ClN4O3S2. The van der Waals surface area contributed by atoms with Gasteiger partial charge in [-0.15, -0.1) is 10.2 Å². The summed E-state index contributed by atoms with van der Waals surface area (Å²) in [5.41, 5.74) is 1.25. The number of amides is 1. The smallest absolute Gasteiger partial charge is 0.257 e. The maximum absolute atomic E-state index is 12.6. The molecule has 0 spiro atoms. The lowest BCUT2D eigenvalue weighted by Gasteiger charge is -2.08. The second-order valence-corrected chi connectivity index (χ2v) is 9.80. The van der Waals surface area contributed by atoms with E-state index < -0.39 is 15.9 Å². The lowest BCUT2D eigenvalue weighted by Crippen LogP contribution is -2.25. The molecule has 1 heterocycles. The van der Waals surface area contributed by atoms with Crippen molar-refractivity contribution in [3.63, 3.8) is 0 Å². The zero-order chi connectivity index (χ0) is 21.6. The zero-order valence-corrected chi connectivity index (χ0v) is 18.6. The van der Waals surface area contributed by atoms with E-state index in [0.717, 1.165) is 23.4 Å². The van der Waals surface area contributed by atoms with Crippen LogP contribution in [0.1, 0.15) is 40.7 Å². The molecule has 7 nitrogen and oxygen atoms in total. The van der Waals surface area contributed by atoms with Gasteiger partial charge in [0, 0.05) is 23.6 Å². The molecule has 3 rings (SSSR count). The summed E-state index contributed by atoms with van der Waals surface area (Å²) in [4.78, 5) is 12.6. The Morgan fingerprint density at radius 3 is 2.63 bits per heavy atom. The summed E-state index contributed by atoms with van der Waals surface area (Å²) in [6.07, 6.45) is 2.20. The molecule has 0 radical (unpaired) electrons. The number of benzene rings is 2. The average molecular weight is 465 g/mol. The van der Waals surface area contributed by atoms with Gasteiger partial charge in [-0.3, -0.25) is 10.1 Å². The highest BCUT2D eigenvalue weighted by atomic mass is 35.5. The Labute approximate surface area is 184 Å². The minimum atomic E-state index is -3.66. The Morgan fingerprint density at radius 1 is 1.13 bits per heavy atom. The molecule has 0 aliphatic carbocycles. The average Bonchev–Trinajstić information content (AvgIpc) is 3.16. The van der Waals surface area contributed by atoms with Gasteiger partial charge in [-0.25, -0.2) is 13.1 Å². The number of rotatable bonds is 9. The van der Waals surface area contributed by atoms with Gasteiger partial charge in [0.15, 0.2) is 0 Å². The fourth-order valence-corrected chi connectivity index (χ4v) is 4.61. The van der Waals surface area contributed by atoms with Crippen molar-refractivity contribution in [3.05, 3.63) is 69.7 Å². The highest BCUT2D eigenvalue weighted by Gasteiger charge is 2.17. The lowest BCUT2D eigenvalue weighted by atomic mass is 10.2. The van der Waals surface area contributed by atoms with E-state index in [0.29, 0.717) is 23.1 Å². The van der Waals surface area contributed by atoms with E-state index in [4.69, 9.17) is 11.6 Å². The van der Waals surface area contributed by atoms with Crippen LogP contribution in [0.4, 0.5) is 5.13 Å². The maximum Gasteiger partial charge on any atom is 0.257 e. The van der Waals surface area contributed by atoms with Crippen LogP contribution in [0, 0.1) is 0 Å². The number of unbranched alkanes of at least 4 members (excludes halogenated alkanes) is 1. The van der Waals surface area contributed by atoms with Crippen molar-refractivity contribution in [1.82, 2.24) is 14.9 Å². The van der Waals surface area contributed by atoms with Gasteiger partial charge in [0.1, 0.15) is 5.01 Å². The quantitative estimate of drug-likeness (QED) is 0.464. The van der Waals surface area contributed by atoms with Crippen LogP contribution in [0.3, 0.4) is 0 Å². The molecule has 30 heavy (non-hydrogen) atoms. The molecule has 3 aromatic rings. The summed E-state index contributed by atoms with van der Waals surface area (Å²) < 4.78 is 27.3. The molecule has 0 bridgehead atoms. The third kappa shape index (κ3) is 6.09. The topological polar surface area (TPSA) is 101 Å². The van der Waals surface area contributed by atoms with Gasteiger partial charge in [-0.05, 0) is 42.3 Å². The van der Waals surface area contributed by atoms with Crippen molar-refractivity contribution in [2.45, 2.75) is 31.1 Å². The summed E-state index contributed by atoms with van der Waals surface area (Å²) >= 11 is 7.15. The third-order valence-corrected chi connectivity index (χ3v) is 6.73. The molecule has 1 aromatic heterocycles. The molecule has 1 amide bonds. The number of carbonyl (C=O) groups excluding carboxylic acids is 1. The van der Waals surface area contributed by atoms with Crippen LogP contribution in [0.5, 0.6) is 0 Å². The normalized spacial score (nSPS) is 11.4. The first kappa shape index (κ1) is 22.4.